The third-order valence-electron chi connectivity index (χ3n) is 1.56. The van der Waals surface area contributed by atoms with Gasteiger partial charge in [0.2, 0.25) is 0 Å². The van der Waals surface area contributed by atoms with Crippen molar-refractivity contribution in [1.82, 2.24) is 0 Å². The van der Waals surface area contributed by atoms with Crippen LogP contribution in [0.4, 0.5) is 10.1 Å². The molecule has 0 saturated carbocycles. The number of benzene rings is 1. The summed E-state index contributed by atoms with van der Waals surface area (Å²) in [6.45, 7) is 1.82. The van der Waals surface area contributed by atoms with Crippen LogP contribution in [-0.2, 0) is 6.42 Å². The van der Waals surface area contributed by atoms with Crippen molar-refractivity contribution in [3.05, 3.63) is 39.7 Å². The van der Waals surface area contributed by atoms with Crippen molar-refractivity contribution < 1.29 is 9.31 Å². The van der Waals surface area contributed by atoms with Crippen LogP contribution in [0.3, 0.4) is 0 Å². The average Bonchev–Trinajstić information content (AvgIpc) is 2.03. The Bertz CT molecular complexity index is 312. The fourth-order valence-electron chi connectivity index (χ4n) is 0.943. The maximum absolute atomic E-state index is 12.7. The zero-order valence-electron chi connectivity index (χ0n) is 6.58. The van der Waals surface area contributed by atoms with E-state index in [1.807, 2.05) is 6.92 Å². The lowest BCUT2D eigenvalue weighted by atomic mass is 10.1. The number of aryl methyl sites for hydroxylation is 1. The second-order valence-corrected chi connectivity index (χ2v) is 2.43. The van der Waals surface area contributed by atoms with Gasteiger partial charge >= 0.3 is 0 Å². The van der Waals surface area contributed by atoms with Crippen LogP contribution in [0.15, 0.2) is 18.2 Å². The van der Waals surface area contributed by atoms with Crippen molar-refractivity contribution in [2.75, 3.05) is 0 Å². The molecule has 0 heterocycles. The minimum atomic E-state index is -0.595. The molecule has 0 saturated heterocycles. The van der Waals surface area contributed by atoms with E-state index in [0.717, 1.165) is 6.07 Å². The fraction of sp³-hybridized carbons (Fsp3) is 0.250. The van der Waals surface area contributed by atoms with Crippen LogP contribution in [0.2, 0.25) is 0 Å². The van der Waals surface area contributed by atoms with E-state index in [0.29, 0.717) is 12.0 Å². The number of non-ortho nitro benzene ring substituents is 1. The Morgan fingerprint density at radius 3 is 2.67 bits per heavy atom. The molecule has 0 aliphatic carbocycles. The van der Waals surface area contributed by atoms with Gasteiger partial charge in [-0.15, -0.1) is 0 Å². The number of nitrogens with zero attached hydrogens (tertiary/aromatic N) is 1. The minimum Gasteiger partial charge on any atom is -0.258 e. The zero-order chi connectivity index (χ0) is 9.14. The molecule has 0 aliphatic heterocycles. The van der Waals surface area contributed by atoms with Crippen molar-refractivity contribution in [3.63, 3.8) is 0 Å². The Morgan fingerprint density at radius 2 is 2.17 bits per heavy atom. The molecule has 4 heteroatoms. The molecular weight excluding hydrogens is 161 g/mol. The fourth-order valence-corrected chi connectivity index (χ4v) is 0.943. The van der Waals surface area contributed by atoms with Gasteiger partial charge in [-0.3, -0.25) is 10.1 Å². The van der Waals surface area contributed by atoms with E-state index >= 15 is 0 Å². The van der Waals surface area contributed by atoms with Gasteiger partial charge in [-0.05, 0) is 18.1 Å². The highest BCUT2D eigenvalue weighted by molar-refractivity contribution is 5.35. The molecule has 0 fully saturated rings. The maximum atomic E-state index is 12.7. The van der Waals surface area contributed by atoms with Gasteiger partial charge in [-0.1, -0.05) is 6.92 Å². The molecule has 0 N–H and O–H groups in total. The second kappa shape index (κ2) is 3.30. The van der Waals surface area contributed by atoms with Gasteiger partial charge < -0.3 is 0 Å². The summed E-state index contributed by atoms with van der Waals surface area (Å²) in [5, 5.41) is 10.3. The first-order chi connectivity index (χ1) is 5.63. The second-order valence-electron chi connectivity index (χ2n) is 2.43. The van der Waals surface area contributed by atoms with Gasteiger partial charge in [-0.2, -0.15) is 0 Å². The molecule has 3 nitrogen and oxygen atoms in total. The molecule has 1 aromatic carbocycles. The van der Waals surface area contributed by atoms with Crippen LogP contribution in [0.1, 0.15) is 12.5 Å². The zero-order valence-corrected chi connectivity index (χ0v) is 6.58. The van der Waals surface area contributed by atoms with Gasteiger partial charge in [0.25, 0.3) is 5.69 Å². The molecule has 1 rings (SSSR count). The van der Waals surface area contributed by atoms with Gasteiger partial charge in [0.1, 0.15) is 5.82 Å². The van der Waals surface area contributed by atoms with Crippen LogP contribution in [0.5, 0.6) is 0 Å². The molecule has 0 atom stereocenters. The maximum Gasteiger partial charge on any atom is 0.272 e. The number of halogens is 1. The lowest BCUT2D eigenvalue weighted by molar-refractivity contribution is -0.385. The van der Waals surface area contributed by atoms with E-state index in [1.54, 1.807) is 0 Å². The van der Waals surface area contributed by atoms with Crippen molar-refractivity contribution in [2.45, 2.75) is 13.3 Å². The first kappa shape index (κ1) is 8.64. The number of rotatable bonds is 2. The van der Waals surface area contributed by atoms with Crippen LogP contribution >= 0.6 is 0 Å². The molecule has 0 unspecified atom stereocenters. The van der Waals surface area contributed by atoms with E-state index in [4.69, 9.17) is 0 Å². The summed E-state index contributed by atoms with van der Waals surface area (Å²) in [6, 6.07) is 3.59. The summed E-state index contributed by atoms with van der Waals surface area (Å²) < 4.78 is 12.7. The lowest BCUT2D eigenvalue weighted by Crippen LogP contribution is -1.91. The number of hydrogen-bond acceptors (Lipinski definition) is 2. The summed E-state index contributed by atoms with van der Waals surface area (Å²) in [4.78, 5) is 9.67. The molecule has 64 valence electrons. The van der Waals surface area contributed by atoms with Crippen molar-refractivity contribution in [3.8, 4) is 0 Å². The largest absolute Gasteiger partial charge is 0.272 e. The van der Waals surface area contributed by atoms with Crippen LogP contribution < -0.4 is 0 Å². The predicted molar refractivity (Wildman–Crippen MR) is 42.4 cm³/mol. The lowest BCUT2D eigenvalue weighted by Gasteiger charge is -1.96. The molecule has 0 radical (unpaired) electrons. The summed E-state index contributed by atoms with van der Waals surface area (Å²) in [6.07, 6.45) is 0.596. The normalized spacial score (nSPS) is 9.83. The van der Waals surface area contributed by atoms with Crippen LogP contribution in [0.25, 0.3) is 0 Å². The van der Waals surface area contributed by atoms with E-state index in [2.05, 4.69) is 0 Å². The minimum absolute atomic E-state index is 0.188. The molecule has 0 aliphatic rings. The topological polar surface area (TPSA) is 43.1 Å². The summed E-state index contributed by atoms with van der Waals surface area (Å²) in [5.41, 5.74) is 0.452. The highest BCUT2D eigenvalue weighted by Crippen LogP contribution is 2.16. The van der Waals surface area contributed by atoms with Gasteiger partial charge in [0.05, 0.1) is 11.0 Å². The van der Waals surface area contributed by atoms with Gasteiger partial charge in [-0.25, -0.2) is 4.39 Å². The number of hydrogen-bond donors (Lipinski definition) is 0. The Kier molecular flexibility index (Phi) is 2.38. The Morgan fingerprint density at radius 1 is 1.50 bits per heavy atom. The van der Waals surface area contributed by atoms with Gasteiger partial charge in [0.15, 0.2) is 0 Å². The van der Waals surface area contributed by atoms with Gasteiger partial charge in [0, 0.05) is 6.07 Å². The summed E-state index contributed by atoms with van der Waals surface area (Å²) in [7, 11) is 0. The average molecular weight is 169 g/mol. The first-order valence-corrected chi connectivity index (χ1v) is 3.57. The summed E-state index contributed by atoms with van der Waals surface area (Å²) >= 11 is 0. The standard InChI is InChI=1S/C8H8FNO2/c1-2-6-3-7(9)5-8(4-6)10(11)12/h3-5H,2H2,1H3. The number of nitro benzene ring substituents is 1. The molecule has 12 heavy (non-hydrogen) atoms. The summed E-state index contributed by atoms with van der Waals surface area (Å²) in [5.74, 6) is -0.555. The molecular formula is C8H8FNO2. The highest BCUT2D eigenvalue weighted by atomic mass is 19.1. The van der Waals surface area contributed by atoms with Crippen molar-refractivity contribution >= 4 is 5.69 Å². The molecule has 0 spiro atoms. The van der Waals surface area contributed by atoms with E-state index in [9.17, 15) is 14.5 Å². The molecule has 0 bridgehead atoms. The first-order valence-electron chi connectivity index (χ1n) is 3.57. The van der Waals surface area contributed by atoms with Crippen LogP contribution in [-0.4, -0.2) is 4.92 Å². The molecule has 1 aromatic rings. The highest BCUT2D eigenvalue weighted by Gasteiger charge is 2.07. The van der Waals surface area contributed by atoms with Crippen molar-refractivity contribution in [2.24, 2.45) is 0 Å². The Labute approximate surface area is 69.0 Å². The monoisotopic (exact) mass is 169 g/mol. The SMILES string of the molecule is CCc1cc(F)cc([N+](=O)[O-])c1. The number of nitro groups is 1. The smallest absolute Gasteiger partial charge is 0.258 e. The predicted octanol–water partition coefficient (Wildman–Crippen LogP) is 2.30. The Balaban J connectivity index is 3.15. The van der Waals surface area contributed by atoms with Crippen molar-refractivity contribution in [1.29, 1.82) is 0 Å². The van der Waals surface area contributed by atoms with Crippen LogP contribution in [0, 0.1) is 15.9 Å². The van der Waals surface area contributed by atoms with E-state index < -0.39 is 10.7 Å². The third kappa shape index (κ3) is 1.78. The quantitative estimate of drug-likeness (QED) is 0.503. The third-order valence-corrected chi connectivity index (χ3v) is 1.56. The molecule has 0 aromatic heterocycles. The Hall–Kier alpha value is -1.45. The molecule has 0 amide bonds. The van der Waals surface area contributed by atoms with E-state index in [1.165, 1.54) is 12.1 Å². The van der Waals surface area contributed by atoms with E-state index in [-0.39, 0.29) is 5.69 Å².